The summed E-state index contributed by atoms with van der Waals surface area (Å²) in [6.07, 6.45) is -1.65. The minimum atomic E-state index is -0.861. The third-order valence-corrected chi connectivity index (χ3v) is 2.60. The van der Waals surface area contributed by atoms with E-state index in [0.29, 0.717) is 13.2 Å². The van der Waals surface area contributed by atoms with Crippen molar-refractivity contribution in [2.45, 2.75) is 31.5 Å². The van der Waals surface area contributed by atoms with Crippen LogP contribution >= 0.6 is 0 Å². The van der Waals surface area contributed by atoms with Crippen LogP contribution in [0.25, 0.3) is 0 Å². The minimum absolute atomic E-state index is 0.263. The van der Waals surface area contributed by atoms with Gasteiger partial charge in [0.25, 0.3) is 0 Å². The summed E-state index contributed by atoms with van der Waals surface area (Å²) in [5, 5.41) is 18.6. The molecule has 1 unspecified atom stereocenters. The van der Waals surface area contributed by atoms with E-state index in [1.54, 1.807) is 0 Å². The van der Waals surface area contributed by atoms with Crippen LogP contribution in [-0.2, 0) is 16.1 Å². The minimum Gasteiger partial charge on any atom is -0.390 e. The summed E-state index contributed by atoms with van der Waals surface area (Å²) in [7, 11) is 0. The average molecular weight is 224 g/mol. The average Bonchev–Trinajstić information content (AvgIpc) is 2.59. The molecule has 1 aromatic carbocycles. The highest BCUT2D eigenvalue weighted by Gasteiger charge is 2.32. The van der Waals surface area contributed by atoms with Gasteiger partial charge < -0.3 is 19.7 Å². The van der Waals surface area contributed by atoms with Crippen molar-refractivity contribution < 1.29 is 19.7 Å². The van der Waals surface area contributed by atoms with Gasteiger partial charge >= 0.3 is 0 Å². The van der Waals surface area contributed by atoms with E-state index in [4.69, 9.17) is 14.6 Å². The quantitative estimate of drug-likeness (QED) is 0.789. The first-order valence-electron chi connectivity index (χ1n) is 5.39. The van der Waals surface area contributed by atoms with Gasteiger partial charge in [-0.1, -0.05) is 30.3 Å². The molecule has 1 aliphatic heterocycles. The van der Waals surface area contributed by atoms with Gasteiger partial charge in [-0.25, -0.2) is 0 Å². The summed E-state index contributed by atoms with van der Waals surface area (Å²) >= 11 is 0. The molecule has 0 aliphatic carbocycles. The fourth-order valence-corrected chi connectivity index (χ4v) is 1.72. The second-order valence-corrected chi connectivity index (χ2v) is 3.93. The molecule has 4 nitrogen and oxygen atoms in total. The van der Waals surface area contributed by atoms with Gasteiger partial charge in [-0.15, -0.1) is 0 Å². The lowest BCUT2D eigenvalue weighted by Gasteiger charge is -2.13. The highest BCUT2D eigenvalue weighted by Crippen LogP contribution is 2.19. The summed E-state index contributed by atoms with van der Waals surface area (Å²) < 4.78 is 10.5. The lowest BCUT2D eigenvalue weighted by Crippen LogP contribution is -2.26. The molecule has 2 N–H and O–H groups in total. The topological polar surface area (TPSA) is 58.9 Å². The third kappa shape index (κ3) is 3.02. The largest absolute Gasteiger partial charge is 0.390 e. The van der Waals surface area contributed by atoms with E-state index in [9.17, 15) is 5.11 Å². The highest BCUT2D eigenvalue weighted by molar-refractivity contribution is 5.13. The monoisotopic (exact) mass is 224 g/mol. The van der Waals surface area contributed by atoms with Crippen molar-refractivity contribution >= 4 is 0 Å². The number of aliphatic hydroxyl groups is 2. The highest BCUT2D eigenvalue weighted by atomic mass is 16.6. The van der Waals surface area contributed by atoms with Gasteiger partial charge in [0, 0.05) is 6.42 Å². The second-order valence-electron chi connectivity index (χ2n) is 3.93. The predicted octanol–water partition coefficient (Wildman–Crippen LogP) is 0.671. The molecule has 0 bridgehead atoms. The molecule has 1 aliphatic rings. The normalized spacial score (nSPS) is 29.5. The SMILES string of the molecule is OC1C[C@@H](O)[C@@H](COCc2ccccc2)O1. The molecule has 0 amide bonds. The van der Waals surface area contributed by atoms with Crippen molar-refractivity contribution in [1.82, 2.24) is 0 Å². The van der Waals surface area contributed by atoms with Gasteiger partial charge in [0.2, 0.25) is 0 Å². The molecule has 4 heteroatoms. The summed E-state index contributed by atoms with van der Waals surface area (Å²) in [5.41, 5.74) is 1.08. The van der Waals surface area contributed by atoms with E-state index in [-0.39, 0.29) is 6.42 Å². The maximum absolute atomic E-state index is 9.49. The first-order chi connectivity index (χ1) is 7.75. The fourth-order valence-electron chi connectivity index (χ4n) is 1.72. The van der Waals surface area contributed by atoms with Crippen LogP contribution in [0.5, 0.6) is 0 Å². The van der Waals surface area contributed by atoms with Crippen LogP contribution in [0.4, 0.5) is 0 Å². The van der Waals surface area contributed by atoms with Crippen LogP contribution in [0.3, 0.4) is 0 Å². The first-order valence-corrected chi connectivity index (χ1v) is 5.39. The number of hydrogen-bond acceptors (Lipinski definition) is 4. The Morgan fingerprint density at radius 3 is 2.62 bits per heavy atom. The Morgan fingerprint density at radius 2 is 2.00 bits per heavy atom. The smallest absolute Gasteiger partial charge is 0.157 e. The maximum Gasteiger partial charge on any atom is 0.157 e. The molecule has 2 rings (SSSR count). The van der Waals surface area contributed by atoms with Crippen LogP contribution < -0.4 is 0 Å². The Labute approximate surface area is 94.4 Å². The van der Waals surface area contributed by atoms with Crippen LogP contribution in [0.15, 0.2) is 30.3 Å². The number of rotatable bonds is 4. The molecule has 0 aromatic heterocycles. The van der Waals surface area contributed by atoms with Gasteiger partial charge in [-0.2, -0.15) is 0 Å². The van der Waals surface area contributed by atoms with Crippen LogP contribution in [0.1, 0.15) is 12.0 Å². The molecular weight excluding hydrogens is 208 g/mol. The number of benzene rings is 1. The van der Waals surface area contributed by atoms with Crippen molar-refractivity contribution in [2.75, 3.05) is 6.61 Å². The molecule has 3 atom stereocenters. The van der Waals surface area contributed by atoms with E-state index in [1.807, 2.05) is 30.3 Å². The van der Waals surface area contributed by atoms with Crippen LogP contribution in [0, 0.1) is 0 Å². The molecule has 1 fully saturated rings. The molecule has 0 radical (unpaired) electrons. The van der Waals surface area contributed by atoms with Crippen molar-refractivity contribution in [1.29, 1.82) is 0 Å². The zero-order valence-corrected chi connectivity index (χ0v) is 8.95. The zero-order valence-electron chi connectivity index (χ0n) is 8.95. The predicted molar refractivity (Wildman–Crippen MR) is 57.6 cm³/mol. The summed E-state index contributed by atoms with van der Waals surface area (Å²) in [6.45, 7) is 0.788. The molecular formula is C12H16O4. The Bertz CT molecular complexity index is 314. The zero-order chi connectivity index (χ0) is 11.4. The molecule has 1 heterocycles. The third-order valence-electron chi connectivity index (χ3n) is 2.60. The Balaban J connectivity index is 1.72. The van der Waals surface area contributed by atoms with E-state index < -0.39 is 18.5 Å². The maximum atomic E-state index is 9.49. The van der Waals surface area contributed by atoms with E-state index in [2.05, 4.69) is 0 Å². The standard InChI is InChI=1S/C12H16O4/c13-10-6-12(14)16-11(10)8-15-7-9-4-2-1-3-5-9/h1-5,10-14H,6-8H2/t10-,11-,12?/m1/s1. The Hall–Kier alpha value is -0.940. The Morgan fingerprint density at radius 1 is 1.25 bits per heavy atom. The molecule has 1 aromatic rings. The molecule has 16 heavy (non-hydrogen) atoms. The van der Waals surface area contributed by atoms with Crippen molar-refractivity contribution in [2.24, 2.45) is 0 Å². The van der Waals surface area contributed by atoms with Crippen molar-refractivity contribution in [3.05, 3.63) is 35.9 Å². The van der Waals surface area contributed by atoms with E-state index in [1.165, 1.54) is 0 Å². The van der Waals surface area contributed by atoms with Crippen LogP contribution in [-0.4, -0.2) is 35.3 Å². The van der Waals surface area contributed by atoms with E-state index in [0.717, 1.165) is 5.56 Å². The summed E-state index contributed by atoms with van der Waals surface area (Å²) in [5.74, 6) is 0. The van der Waals surface area contributed by atoms with Crippen molar-refractivity contribution in [3.63, 3.8) is 0 Å². The van der Waals surface area contributed by atoms with Gasteiger partial charge in [0.1, 0.15) is 6.10 Å². The van der Waals surface area contributed by atoms with Gasteiger partial charge in [-0.3, -0.25) is 0 Å². The van der Waals surface area contributed by atoms with Gasteiger partial charge in [0.05, 0.1) is 19.3 Å². The number of aliphatic hydroxyl groups excluding tert-OH is 2. The number of hydrogen-bond donors (Lipinski definition) is 2. The first kappa shape index (κ1) is 11.5. The fraction of sp³-hybridized carbons (Fsp3) is 0.500. The molecule has 0 saturated carbocycles. The van der Waals surface area contributed by atoms with Crippen LogP contribution in [0.2, 0.25) is 0 Å². The lowest BCUT2D eigenvalue weighted by molar-refractivity contribution is -0.117. The lowest BCUT2D eigenvalue weighted by atomic mass is 10.2. The molecule has 1 saturated heterocycles. The second kappa shape index (κ2) is 5.41. The Kier molecular flexibility index (Phi) is 3.90. The van der Waals surface area contributed by atoms with E-state index >= 15 is 0 Å². The van der Waals surface area contributed by atoms with Gasteiger partial charge in [0.15, 0.2) is 6.29 Å². The van der Waals surface area contributed by atoms with Gasteiger partial charge in [-0.05, 0) is 5.56 Å². The van der Waals surface area contributed by atoms with Crippen molar-refractivity contribution in [3.8, 4) is 0 Å². The number of ether oxygens (including phenoxy) is 2. The molecule has 0 spiro atoms. The summed E-state index contributed by atoms with van der Waals surface area (Å²) in [4.78, 5) is 0. The molecule has 88 valence electrons. The summed E-state index contributed by atoms with van der Waals surface area (Å²) in [6, 6.07) is 9.79.